The second-order valence-corrected chi connectivity index (χ2v) is 4.27. The van der Waals surface area contributed by atoms with Crippen LogP contribution < -0.4 is 10.1 Å². The number of carboxylic acids is 1. The normalized spacial score (nSPS) is 10.1. The van der Waals surface area contributed by atoms with Crippen molar-refractivity contribution in [3.63, 3.8) is 0 Å². The lowest BCUT2D eigenvalue weighted by atomic mass is 10.2. The van der Waals surface area contributed by atoms with E-state index >= 15 is 0 Å². The lowest BCUT2D eigenvalue weighted by Gasteiger charge is -2.08. The van der Waals surface area contributed by atoms with Gasteiger partial charge in [0.2, 0.25) is 0 Å². The quantitative estimate of drug-likeness (QED) is 0.771. The van der Waals surface area contributed by atoms with Crippen molar-refractivity contribution in [2.75, 3.05) is 13.2 Å². The van der Waals surface area contributed by atoms with Gasteiger partial charge in [-0.3, -0.25) is 9.48 Å². The summed E-state index contributed by atoms with van der Waals surface area (Å²) in [5, 5.41) is 15.4. The van der Waals surface area contributed by atoms with Gasteiger partial charge in [0.25, 0.3) is 5.91 Å². The first-order valence-electron chi connectivity index (χ1n) is 6.30. The molecule has 1 aromatic heterocycles. The molecule has 21 heavy (non-hydrogen) atoms. The number of hydrogen-bond acceptors (Lipinski definition) is 4. The molecule has 0 atom stereocenters. The number of nitrogens with one attached hydrogen (secondary N) is 1. The zero-order valence-electron chi connectivity index (χ0n) is 11.4. The van der Waals surface area contributed by atoms with Crippen molar-refractivity contribution in [1.82, 2.24) is 15.1 Å². The van der Waals surface area contributed by atoms with Gasteiger partial charge in [0, 0.05) is 13.2 Å². The molecule has 0 saturated carbocycles. The Morgan fingerprint density at radius 3 is 2.57 bits per heavy atom. The molecule has 2 N–H and O–H groups in total. The number of nitrogens with zero attached hydrogens (tertiary/aromatic N) is 2. The molecule has 2 rings (SSSR count). The molecule has 0 aliphatic carbocycles. The molecular formula is C14H15N3O4. The van der Waals surface area contributed by atoms with Crippen LogP contribution in [0.2, 0.25) is 0 Å². The number of carbonyl (C=O) groups excluding carboxylic acids is 1. The van der Waals surface area contributed by atoms with Crippen molar-refractivity contribution in [2.45, 2.75) is 0 Å². The summed E-state index contributed by atoms with van der Waals surface area (Å²) in [5.74, 6) is -0.653. The zero-order valence-corrected chi connectivity index (χ0v) is 11.4. The van der Waals surface area contributed by atoms with Crippen LogP contribution >= 0.6 is 0 Å². The van der Waals surface area contributed by atoms with Crippen molar-refractivity contribution in [1.29, 1.82) is 0 Å². The Morgan fingerprint density at radius 2 is 2.00 bits per heavy atom. The highest BCUT2D eigenvalue weighted by molar-refractivity contribution is 5.92. The standard InChI is InChI=1S/C14H15N3O4/c1-17-12(6-7-16-17)13(18)15-8-9-21-11-4-2-10(3-5-11)14(19)20/h2-7H,8-9H2,1H3,(H,15,18)(H,19,20). The van der Waals surface area contributed by atoms with Gasteiger partial charge in [-0.25, -0.2) is 4.79 Å². The van der Waals surface area contributed by atoms with E-state index in [9.17, 15) is 9.59 Å². The minimum atomic E-state index is -0.981. The highest BCUT2D eigenvalue weighted by atomic mass is 16.5. The van der Waals surface area contributed by atoms with Crippen LogP contribution in [0.4, 0.5) is 0 Å². The largest absolute Gasteiger partial charge is 0.492 e. The predicted octanol–water partition coefficient (Wildman–Crippen LogP) is 0.927. The summed E-state index contributed by atoms with van der Waals surface area (Å²) < 4.78 is 6.90. The molecule has 0 bridgehead atoms. The van der Waals surface area contributed by atoms with Crippen LogP contribution in [-0.2, 0) is 7.05 Å². The van der Waals surface area contributed by atoms with E-state index in [1.54, 1.807) is 31.4 Å². The van der Waals surface area contributed by atoms with E-state index in [1.807, 2.05) is 0 Å². The number of amides is 1. The van der Waals surface area contributed by atoms with Gasteiger partial charge in [-0.15, -0.1) is 0 Å². The first kappa shape index (κ1) is 14.6. The van der Waals surface area contributed by atoms with Crippen molar-refractivity contribution in [2.24, 2.45) is 7.05 Å². The minimum absolute atomic E-state index is 0.201. The highest BCUT2D eigenvalue weighted by Crippen LogP contribution is 2.11. The second-order valence-electron chi connectivity index (χ2n) is 4.27. The number of ether oxygens (including phenoxy) is 1. The van der Waals surface area contributed by atoms with Gasteiger partial charge in [0.05, 0.1) is 12.1 Å². The lowest BCUT2D eigenvalue weighted by Crippen LogP contribution is -2.29. The van der Waals surface area contributed by atoms with Gasteiger partial charge in [-0.2, -0.15) is 5.10 Å². The van der Waals surface area contributed by atoms with Crippen molar-refractivity contribution >= 4 is 11.9 Å². The van der Waals surface area contributed by atoms with E-state index in [-0.39, 0.29) is 18.1 Å². The average molecular weight is 289 g/mol. The molecule has 0 fully saturated rings. The molecular weight excluding hydrogens is 274 g/mol. The summed E-state index contributed by atoms with van der Waals surface area (Å²) in [4.78, 5) is 22.5. The van der Waals surface area contributed by atoms with Crippen LogP contribution in [0, 0.1) is 0 Å². The van der Waals surface area contributed by atoms with Crippen LogP contribution in [0.25, 0.3) is 0 Å². The predicted molar refractivity (Wildman–Crippen MR) is 74.4 cm³/mol. The fraction of sp³-hybridized carbons (Fsp3) is 0.214. The molecule has 0 aliphatic rings. The van der Waals surface area contributed by atoms with Crippen LogP contribution in [0.5, 0.6) is 5.75 Å². The fourth-order valence-corrected chi connectivity index (χ4v) is 1.71. The van der Waals surface area contributed by atoms with Crippen LogP contribution in [0.1, 0.15) is 20.8 Å². The Balaban J connectivity index is 1.76. The SMILES string of the molecule is Cn1nccc1C(=O)NCCOc1ccc(C(=O)O)cc1. The summed E-state index contributed by atoms with van der Waals surface area (Å²) >= 11 is 0. The lowest BCUT2D eigenvalue weighted by molar-refractivity contribution is 0.0696. The number of rotatable bonds is 6. The molecule has 0 radical (unpaired) electrons. The van der Waals surface area contributed by atoms with E-state index < -0.39 is 5.97 Å². The van der Waals surface area contributed by atoms with Crippen LogP contribution in [-0.4, -0.2) is 39.9 Å². The summed E-state index contributed by atoms with van der Waals surface area (Å²) in [5.41, 5.74) is 0.674. The highest BCUT2D eigenvalue weighted by Gasteiger charge is 2.08. The summed E-state index contributed by atoms with van der Waals surface area (Å²) in [6.45, 7) is 0.626. The van der Waals surface area contributed by atoms with Crippen molar-refractivity contribution in [3.8, 4) is 5.75 Å². The molecule has 2 aromatic rings. The fourth-order valence-electron chi connectivity index (χ4n) is 1.71. The molecule has 0 saturated heterocycles. The van der Waals surface area contributed by atoms with Gasteiger partial charge in [0.1, 0.15) is 18.1 Å². The Kier molecular flexibility index (Phi) is 4.55. The third-order valence-corrected chi connectivity index (χ3v) is 2.81. The third-order valence-electron chi connectivity index (χ3n) is 2.81. The van der Waals surface area contributed by atoms with Gasteiger partial charge in [-0.05, 0) is 30.3 Å². The number of carboxylic acid groups (broad SMARTS) is 1. The molecule has 110 valence electrons. The van der Waals surface area contributed by atoms with E-state index in [0.29, 0.717) is 18.0 Å². The Bertz CT molecular complexity index is 634. The maximum Gasteiger partial charge on any atom is 0.335 e. The zero-order chi connectivity index (χ0) is 15.2. The Morgan fingerprint density at radius 1 is 1.29 bits per heavy atom. The molecule has 7 nitrogen and oxygen atoms in total. The molecule has 1 aromatic carbocycles. The Labute approximate surface area is 121 Å². The number of carbonyl (C=O) groups is 2. The molecule has 0 unspecified atom stereocenters. The van der Waals surface area contributed by atoms with E-state index in [0.717, 1.165) is 0 Å². The molecule has 0 spiro atoms. The summed E-state index contributed by atoms with van der Waals surface area (Å²) in [6, 6.07) is 7.71. The maximum absolute atomic E-state index is 11.8. The second kappa shape index (κ2) is 6.56. The monoisotopic (exact) mass is 289 g/mol. The first-order valence-corrected chi connectivity index (χ1v) is 6.30. The van der Waals surface area contributed by atoms with Gasteiger partial charge in [0.15, 0.2) is 0 Å². The number of hydrogen-bond donors (Lipinski definition) is 2. The smallest absolute Gasteiger partial charge is 0.335 e. The van der Waals surface area contributed by atoms with Crippen LogP contribution in [0.3, 0.4) is 0 Å². The summed E-state index contributed by atoms with van der Waals surface area (Å²) in [7, 11) is 1.69. The maximum atomic E-state index is 11.8. The molecule has 0 aliphatic heterocycles. The number of aromatic carboxylic acids is 1. The van der Waals surface area contributed by atoms with E-state index in [1.165, 1.54) is 16.8 Å². The van der Waals surface area contributed by atoms with Crippen molar-refractivity contribution < 1.29 is 19.4 Å². The van der Waals surface area contributed by atoms with Gasteiger partial charge >= 0.3 is 5.97 Å². The van der Waals surface area contributed by atoms with E-state index in [4.69, 9.17) is 9.84 Å². The van der Waals surface area contributed by atoms with Gasteiger partial charge < -0.3 is 15.2 Å². The topological polar surface area (TPSA) is 93.5 Å². The first-order chi connectivity index (χ1) is 10.1. The average Bonchev–Trinajstić information content (AvgIpc) is 2.90. The van der Waals surface area contributed by atoms with Gasteiger partial charge in [-0.1, -0.05) is 0 Å². The molecule has 1 amide bonds. The third kappa shape index (κ3) is 3.82. The summed E-state index contributed by atoms with van der Waals surface area (Å²) in [6.07, 6.45) is 1.55. The number of benzene rings is 1. The molecule has 1 heterocycles. The van der Waals surface area contributed by atoms with Crippen LogP contribution in [0.15, 0.2) is 36.5 Å². The number of aromatic nitrogens is 2. The minimum Gasteiger partial charge on any atom is -0.492 e. The Hall–Kier alpha value is -2.83. The number of aryl methyl sites for hydroxylation is 1. The van der Waals surface area contributed by atoms with E-state index in [2.05, 4.69) is 10.4 Å². The molecule has 7 heteroatoms. The van der Waals surface area contributed by atoms with Crippen molar-refractivity contribution in [3.05, 3.63) is 47.8 Å².